The highest BCUT2D eigenvalue weighted by Crippen LogP contribution is 2.31. The van der Waals surface area contributed by atoms with E-state index in [4.69, 9.17) is 0 Å². The van der Waals surface area contributed by atoms with E-state index in [0.29, 0.717) is 19.5 Å². The number of nitrogens with zero attached hydrogens (tertiary/aromatic N) is 4. The Labute approximate surface area is 134 Å². The van der Waals surface area contributed by atoms with Gasteiger partial charge in [0.05, 0.1) is 6.33 Å². The molecule has 0 aliphatic heterocycles. The second-order valence-corrected chi connectivity index (χ2v) is 5.11. The van der Waals surface area contributed by atoms with Crippen LogP contribution in [0.2, 0.25) is 0 Å². The minimum Gasteiger partial charge on any atom is -0.369 e. The molecule has 0 bridgehead atoms. The fourth-order valence-electron chi connectivity index (χ4n) is 2.27. The summed E-state index contributed by atoms with van der Waals surface area (Å²) >= 11 is 0. The first-order valence-corrected chi connectivity index (χ1v) is 7.18. The first kappa shape index (κ1) is 16.2. The third-order valence-corrected chi connectivity index (χ3v) is 3.38. The molecule has 3 rings (SSSR count). The molecule has 0 unspecified atom stereocenters. The van der Waals surface area contributed by atoms with Crippen molar-refractivity contribution in [1.82, 2.24) is 19.5 Å². The van der Waals surface area contributed by atoms with Gasteiger partial charge in [0, 0.05) is 30.9 Å². The van der Waals surface area contributed by atoms with Crippen LogP contribution in [0.1, 0.15) is 12.2 Å². The maximum atomic E-state index is 13.8. The fraction of sp³-hybridized carbons (Fsp3) is 0.267. The third kappa shape index (κ3) is 3.44. The molecule has 126 valence electrons. The molecule has 1 N–H and O–H groups in total. The van der Waals surface area contributed by atoms with Gasteiger partial charge in [0.2, 0.25) is 5.82 Å². The van der Waals surface area contributed by atoms with E-state index < -0.39 is 17.8 Å². The van der Waals surface area contributed by atoms with Gasteiger partial charge in [-0.15, -0.1) is 0 Å². The lowest BCUT2D eigenvalue weighted by Gasteiger charge is -2.12. The molecule has 0 aliphatic carbocycles. The highest BCUT2D eigenvalue weighted by atomic mass is 19.4. The molecule has 0 saturated heterocycles. The molecule has 0 atom stereocenters. The molecule has 5 nitrogen and oxygen atoms in total. The Morgan fingerprint density at radius 1 is 1.17 bits per heavy atom. The molecule has 24 heavy (non-hydrogen) atoms. The van der Waals surface area contributed by atoms with E-state index in [0.717, 1.165) is 6.07 Å². The highest BCUT2D eigenvalue weighted by Gasteiger charge is 2.35. The second kappa shape index (κ2) is 6.42. The molecular weight excluding hydrogens is 326 g/mol. The number of hydrogen-bond donors (Lipinski definition) is 1. The van der Waals surface area contributed by atoms with Gasteiger partial charge < -0.3 is 9.88 Å². The van der Waals surface area contributed by atoms with Gasteiger partial charge in [-0.1, -0.05) is 6.07 Å². The summed E-state index contributed by atoms with van der Waals surface area (Å²) in [5, 5.41) is 3.05. The van der Waals surface area contributed by atoms with Crippen LogP contribution >= 0.6 is 0 Å². The van der Waals surface area contributed by atoms with Gasteiger partial charge in [0.15, 0.2) is 0 Å². The standard InChI is InChI=1S/C15H13F4N5/c16-11-4-1-3-10-12(11)22-14(15(17,18)19)23-13(10)21-5-2-7-24-8-6-20-9-24/h1,3-4,6,8-9H,2,5,7H2,(H,21,22,23). The maximum Gasteiger partial charge on any atom is 0.451 e. The Balaban J connectivity index is 1.83. The van der Waals surface area contributed by atoms with Gasteiger partial charge in [0.1, 0.15) is 17.2 Å². The number of alkyl halides is 3. The average molecular weight is 339 g/mol. The summed E-state index contributed by atoms with van der Waals surface area (Å²) in [6, 6.07) is 3.96. The summed E-state index contributed by atoms with van der Waals surface area (Å²) in [4.78, 5) is 10.7. The van der Waals surface area contributed by atoms with Gasteiger partial charge in [-0.05, 0) is 18.6 Å². The lowest BCUT2D eigenvalue weighted by Crippen LogP contribution is -2.15. The monoisotopic (exact) mass is 339 g/mol. The van der Waals surface area contributed by atoms with Crippen molar-refractivity contribution < 1.29 is 17.6 Å². The summed E-state index contributed by atoms with van der Waals surface area (Å²) in [5.41, 5.74) is -0.350. The molecule has 3 aromatic rings. The van der Waals surface area contributed by atoms with Crippen molar-refractivity contribution in [3.8, 4) is 0 Å². The Bertz CT molecular complexity index is 830. The Kier molecular flexibility index (Phi) is 4.32. The van der Waals surface area contributed by atoms with Crippen molar-refractivity contribution in [3.05, 3.63) is 48.6 Å². The Morgan fingerprint density at radius 3 is 2.71 bits per heavy atom. The summed E-state index contributed by atoms with van der Waals surface area (Å²) < 4.78 is 54.4. The highest BCUT2D eigenvalue weighted by molar-refractivity contribution is 5.89. The van der Waals surface area contributed by atoms with Crippen molar-refractivity contribution in [1.29, 1.82) is 0 Å². The van der Waals surface area contributed by atoms with Crippen molar-refractivity contribution in [2.75, 3.05) is 11.9 Å². The summed E-state index contributed by atoms with van der Waals surface area (Å²) in [7, 11) is 0. The Morgan fingerprint density at radius 2 is 2.00 bits per heavy atom. The minimum absolute atomic E-state index is 0.0301. The molecule has 9 heteroatoms. The van der Waals surface area contributed by atoms with E-state index >= 15 is 0 Å². The summed E-state index contributed by atoms with van der Waals surface area (Å²) in [6.45, 7) is 1.02. The SMILES string of the molecule is Fc1cccc2c(NCCCn3ccnc3)nc(C(F)(F)F)nc12. The van der Waals surface area contributed by atoms with E-state index in [1.165, 1.54) is 12.1 Å². The first-order valence-electron chi connectivity index (χ1n) is 7.18. The van der Waals surface area contributed by atoms with Crippen LogP contribution in [-0.2, 0) is 12.7 Å². The van der Waals surface area contributed by atoms with Crippen molar-refractivity contribution in [3.63, 3.8) is 0 Å². The van der Waals surface area contributed by atoms with Crippen LogP contribution in [-0.4, -0.2) is 26.1 Å². The third-order valence-electron chi connectivity index (χ3n) is 3.38. The van der Waals surface area contributed by atoms with Crippen LogP contribution < -0.4 is 5.32 Å². The quantitative estimate of drug-likeness (QED) is 0.571. The number of halogens is 4. The number of imidazole rings is 1. The molecule has 0 spiro atoms. The number of rotatable bonds is 5. The lowest BCUT2D eigenvalue weighted by molar-refractivity contribution is -0.144. The Hall–Kier alpha value is -2.71. The average Bonchev–Trinajstić information content (AvgIpc) is 3.04. The number of aryl methyl sites for hydroxylation is 1. The minimum atomic E-state index is -4.75. The van der Waals surface area contributed by atoms with Crippen LogP contribution in [0, 0.1) is 5.82 Å². The molecule has 0 amide bonds. The molecule has 1 aromatic carbocycles. The molecule has 0 saturated carbocycles. The van der Waals surface area contributed by atoms with Crippen molar-refractivity contribution in [2.24, 2.45) is 0 Å². The molecular formula is C15H13F4N5. The zero-order chi connectivity index (χ0) is 17.2. The summed E-state index contributed by atoms with van der Waals surface area (Å²) in [5.74, 6) is -2.21. The normalized spacial score (nSPS) is 11.8. The van der Waals surface area contributed by atoms with Crippen molar-refractivity contribution >= 4 is 16.7 Å². The smallest absolute Gasteiger partial charge is 0.369 e. The van der Waals surface area contributed by atoms with Crippen molar-refractivity contribution in [2.45, 2.75) is 19.1 Å². The predicted octanol–water partition coefficient (Wildman–Crippen LogP) is 3.49. The number of benzene rings is 1. The zero-order valence-corrected chi connectivity index (χ0v) is 12.4. The first-order chi connectivity index (χ1) is 11.4. The predicted molar refractivity (Wildman–Crippen MR) is 79.8 cm³/mol. The van der Waals surface area contributed by atoms with Crippen LogP contribution in [0.5, 0.6) is 0 Å². The maximum absolute atomic E-state index is 13.8. The van der Waals surface area contributed by atoms with Crippen LogP contribution in [0.4, 0.5) is 23.4 Å². The fourth-order valence-corrected chi connectivity index (χ4v) is 2.27. The number of aromatic nitrogens is 4. The van der Waals surface area contributed by atoms with E-state index in [2.05, 4.69) is 20.3 Å². The summed E-state index contributed by atoms with van der Waals surface area (Å²) in [6.07, 6.45) is 0.973. The number of para-hydroxylation sites is 1. The molecule has 0 radical (unpaired) electrons. The number of anilines is 1. The molecule has 2 aromatic heterocycles. The molecule has 0 fully saturated rings. The van der Waals surface area contributed by atoms with Gasteiger partial charge >= 0.3 is 6.18 Å². The van der Waals surface area contributed by atoms with Gasteiger partial charge in [0.25, 0.3) is 0 Å². The molecule has 2 heterocycles. The van der Waals surface area contributed by atoms with Crippen LogP contribution in [0.15, 0.2) is 36.9 Å². The van der Waals surface area contributed by atoms with Gasteiger partial charge in [-0.2, -0.15) is 13.2 Å². The van der Waals surface area contributed by atoms with Crippen LogP contribution in [0.3, 0.4) is 0 Å². The number of nitrogens with one attached hydrogen (secondary N) is 1. The zero-order valence-electron chi connectivity index (χ0n) is 12.4. The van der Waals surface area contributed by atoms with E-state index in [1.807, 2.05) is 4.57 Å². The van der Waals surface area contributed by atoms with E-state index in [9.17, 15) is 17.6 Å². The van der Waals surface area contributed by atoms with E-state index in [1.54, 1.807) is 18.7 Å². The topological polar surface area (TPSA) is 55.6 Å². The van der Waals surface area contributed by atoms with Crippen LogP contribution in [0.25, 0.3) is 10.9 Å². The largest absolute Gasteiger partial charge is 0.451 e. The van der Waals surface area contributed by atoms with Gasteiger partial charge in [-0.25, -0.2) is 19.3 Å². The van der Waals surface area contributed by atoms with Gasteiger partial charge in [-0.3, -0.25) is 0 Å². The lowest BCUT2D eigenvalue weighted by atomic mass is 10.2. The van der Waals surface area contributed by atoms with E-state index in [-0.39, 0.29) is 16.7 Å². The number of hydrogen-bond acceptors (Lipinski definition) is 4. The number of fused-ring (bicyclic) bond motifs is 1. The molecule has 0 aliphatic rings. The second-order valence-electron chi connectivity index (χ2n) is 5.11.